The molecule has 0 amide bonds. The summed E-state index contributed by atoms with van der Waals surface area (Å²) in [6.07, 6.45) is 3.00. The van der Waals surface area contributed by atoms with E-state index in [9.17, 15) is 14.4 Å². The first-order valence-electron chi connectivity index (χ1n) is 20.0. The predicted octanol–water partition coefficient (Wildman–Crippen LogP) is 3.20. The number of carbonyl (C=O) groups excluding carboxylic acids is 1. The first-order chi connectivity index (χ1) is 28.2. The Morgan fingerprint density at radius 2 is 1.03 bits per heavy atom. The molecule has 0 radical (unpaired) electrons. The third-order valence-corrected chi connectivity index (χ3v) is 8.06. The smallest absolute Gasteiger partial charge is 0.332 e. The maximum absolute atomic E-state index is 13.2. The Bertz CT molecular complexity index is 1700. The van der Waals surface area contributed by atoms with Crippen LogP contribution in [0.1, 0.15) is 33.3 Å². The number of ether oxygens (including phenoxy) is 10. The van der Waals surface area contributed by atoms with Gasteiger partial charge in [0.15, 0.2) is 5.65 Å². The van der Waals surface area contributed by atoms with Crippen molar-refractivity contribution in [2.45, 2.75) is 40.8 Å². The van der Waals surface area contributed by atoms with E-state index in [1.807, 2.05) is 52.0 Å². The molecule has 0 spiro atoms. The molecule has 0 unspecified atom stereocenters. The molecule has 0 bridgehead atoms. The highest BCUT2D eigenvalue weighted by Crippen LogP contribution is 2.20. The van der Waals surface area contributed by atoms with Crippen LogP contribution in [0.3, 0.4) is 0 Å². The van der Waals surface area contributed by atoms with Crippen LogP contribution in [-0.2, 0) is 65.3 Å². The molecule has 0 aliphatic heterocycles. The van der Waals surface area contributed by atoms with Crippen molar-refractivity contribution >= 4 is 23.2 Å². The number of benzene rings is 1. The molecule has 17 heteroatoms. The van der Waals surface area contributed by atoms with Gasteiger partial charge in [0, 0.05) is 31.8 Å². The molecule has 3 rings (SSSR count). The summed E-state index contributed by atoms with van der Waals surface area (Å²) >= 11 is 0. The molecule has 0 atom stereocenters. The number of carbonyl (C=O) groups is 1. The molecule has 17 nitrogen and oxygen atoms in total. The third kappa shape index (κ3) is 19.3. The van der Waals surface area contributed by atoms with Gasteiger partial charge in [0.05, 0.1) is 112 Å². The monoisotopic (exact) mass is 820 g/mol. The van der Waals surface area contributed by atoms with E-state index in [-0.39, 0.29) is 36.3 Å². The van der Waals surface area contributed by atoms with Crippen LogP contribution in [0.25, 0.3) is 28.6 Å². The van der Waals surface area contributed by atoms with Crippen molar-refractivity contribution in [2.24, 2.45) is 11.8 Å². The van der Waals surface area contributed by atoms with E-state index in [0.29, 0.717) is 136 Å². The van der Waals surface area contributed by atoms with Crippen molar-refractivity contribution in [1.29, 1.82) is 0 Å². The average Bonchev–Trinajstić information content (AvgIpc) is 3.66. The van der Waals surface area contributed by atoms with Gasteiger partial charge in [0.2, 0.25) is 0 Å². The molecule has 0 aliphatic carbocycles. The molecule has 1 aromatic carbocycles. The van der Waals surface area contributed by atoms with Gasteiger partial charge in [0.25, 0.3) is 5.56 Å². The van der Waals surface area contributed by atoms with Gasteiger partial charge in [-0.3, -0.25) is 13.9 Å². The summed E-state index contributed by atoms with van der Waals surface area (Å²) in [6.45, 7) is 16.8. The molecule has 326 valence electrons. The molecule has 0 saturated heterocycles. The van der Waals surface area contributed by atoms with Crippen LogP contribution in [0, 0.1) is 11.8 Å². The number of rotatable bonds is 34. The van der Waals surface area contributed by atoms with Gasteiger partial charge >= 0.3 is 11.7 Å². The van der Waals surface area contributed by atoms with Crippen molar-refractivity contribution in [3.8, 4) is 11.4 Å². The number of aromatic nitrogens is 4. The summed E-state index contributed by atoms with van der Waals surface area (Å²) < 4.78 is 56.5. The molecule has 0 aliphatic rings. The summed E-state index contributed by atoms with van der Waals surface area (Å²) in [4.78, 5) is 46.5. The highest BCUT2D eigenvalue weighted by atomic mass is 16.6. The van der Waals surface area contributed by atoms with Crippen molar-refractivity contribution in [3.63, 3.8) is 0 Å². The van der Waals surface area contributed by atoms with Crippen molar-refractivity contribution in [2.75, 3.05) is 126 Å². The summed E-state index contributed by atoms with van der Waals surface area (Å²) in [6, 6.07) is 7.32. The van der Waals surface area contributed by atoms with Gasteiger partial charge in [-0.1, -0.05) is 52.0 Å². The highest BCUT2D eigenvalue weighted by Gasteiger charge is 2.19. The van der Waals surface area contributed by atoms with Crippen LogP contribution in [0.5, 0.6) is 0 Å². The lowest BCUT2D eigenvalue weighted by Gasteiger charge is -2.14. The molecule has 2 aromatic heterocycles. The second kappa shape index (κ2) is 29.4. The number of hydrogen-bond acceptors (Lipinski definition) is 14. The van der Waals surface area contributed by atoms with Crippen molar-refractivity contribution < 1.29 is 52.2 Å². The lowest BCUT2D eigenvalue weighted by Crippen LogP contribution is -2.41. The van der Waals surface area contributed by atoms with E-state index in [2.05, 4.69) is 9.97 Å². The number of methoxy groups -OCH3 is 1. The van der Waals surface area contributed by atoms with Gasteiger partial charge in [-0.2, -0.15) is 0 Å². The fourth-order valence-electron chi connectivity index (χ4n) is 5.31. The quantitative estimate of drug-likeness (QED) is 0.0527. The normalized spacial score (nSPS) is 11.9. The molecule has 3 aromatic rings. The lowest BCUT2D eigenvalue weighted by molar-refractivity contribution is -0.139. The van der Waals surface area contributed by atoms with Crippen LogP contribution in [0.15, 0.2) is 39.9 Å². The highest BCUT2D eigenvalue weighted by molar-refractivity contribution is 5.87. The van der Waals surface area contributed by atoms with E-state index in [1.165, 1.54) is 10.6 Å². The standard InChI is InChI=1S/C41H64N4O13/c1-32(2)30-44-39-37(40(47)45(41(44)48)31-33(3)4)42-38(43-39)35-9-6-34(7-10-35)8-11-36(46)58-29-28-57-27-26-56-25-24-55-23-22-54-21-20-53-19-18-52-17-16-51-15-14-50-13-12-49-5/h6-11,32-33H,12-31H2,1-5H3,(H,42,43)/b11-8+. The fraction of sp³-hybridized carbons (Fsp3) is 0.659. The number of hydrogen-bond donors (Lipinski definition) is 1. The zero-order valence-corrected chi connectivity index (χ0v) is 34.9. The average molecular weight is 821 g/mol. The Labute approximate surface area is 340 Å². The largest absolute Gasteiger partial charge is 0.460 e. The van der Waals surface area contributed by atoms with E-state index in [1.54, 1.807) is 17.8 Å². The number of esters is 1. The van der Waals surface area contributed by atoms with Crippen LogP contribution in [0.4, 0.5) is 0 Å². The summed E-state index contributed by atoms with van der Waals surface area (Å²) in [7, 11) is 1.64. The minimum Gasteiger partial charge on any atom is -0.460 e. The first kappa shape index (κ1) is 48.6. The second-order valence-corrected chi connectivity index (χ2v) is 13.9. The van der Waals surface area contributed by atoms with Gasteiger partial charge in [0.1, 0.15) is 17.9 Å². The van der Waals surface area contributed by atoms with Gasteiger partial charge in [-0.25, -0.2) is 14.6 Å². The molecule has 2 heterocycles. The van der Waals surface area contributed by atoms with E-state index < -0.39 is 5.97 Å². The Morgan fingerprint density at radius 3 is 1.47 bits per heavy atom. The number of fused-ring (bicyclic) bond motifs is 1. The van der Waals surface area contributed by atoms with E-state index in [4.69, 9.17) is 47.4 Å². The van der Waals surface area contributed by atoms with E-state index >= 15 is 0 Å². The Morgan fingerprint density at radius 1 is 0.621 bits per heavy atom. The van der Waals surface area contributed by atoms with Crippen molar-refractivity contribution in [3.05, 3.63) is 56.7 Å². The fourth-order valence-corrected chi connectivity index (χ4v) is 5.31. The van der Waals surface area contributed by atoms with Crippen LogP contribution in [-0.4, -0.2) is 151 Å². The second-order valence-electron chi connectivity index (χ2n) is 13.9. The summed E-state index contributed by atoms with van der Waals surface area (Å²) in [5.74, 6) is 0.298. The van der Waals surface area contributed by atoms with Crippen LogP contribution in [0.2, 0.25) is 0 Å². The molecular weight excluding hydrogens is 756 g/mol. The maximum atomic E-state index is 13.2. The van der Waals surface area contributed by atoms with Gasteiger partial charge < -0.3 is 52.4 Å². The molecule has 0 fully saturated rings. The van der Waals surface area contributed by atoms with E-state index in [0.717, 1.165) is 11.1 Å². The summed E-state index contributed by atoms with van der Waals surface area (Å²) in [5.41, 5.74) is 1.42. The number of nitrogens with one attached hydrogen (secondary N) is 1. The molecular formula is C41H64N4O13. The zero-order valence-electron chi connectivity index (χ0n) is 34.9. The van der Waals surface area contributed by atoms with Crippen LogP contribution < -0.4 is 11.2 Å². The van der Waals surface area contributed by atoms with Crippen LogP contribution >= 0.6 is 0 Å². The number of aromatic amines is 1. The van der Waals surface area contributed by atoms with Gasteiger partial charge in [-0.15, -0.1) is 0 Å². The minimum absolute atomic E-state index is 0.110. The van der Waals surface area contributed by atoms with Crippen molar-refractivity contribution in [1.82, 2.24) is 19.1 Å². The Kier molecular flexibility index (Phi) is 24.7. The third-order valence-electron chi connectivity index (χ3n) is 8.06. The predicted molar refractivity (Wildman–Crippen MR) is 218 cm³/mol. The Balaban J connectivity index is 1.17. The maximum Gasteiger partial charge on any atom is 0.332 e. The number of nitrogens with zero attached hydrogens (tertiary/aromatic N) is 3. The molecule has 0 saturated carbocycles. The first-order valence-corrected chi connectivity index (χ1v) is 20.0. The molecule has 58 heavy (non-hydrogen) atoms. The minimum atomic E-state index is -0.491. The number of H-pyrrole nitrogens is 1. The zero-order chi connectivity index (χ0) is 41.8. The topological polar surface area (TPSA) is 182 Å². The SMILES string of the molecule is COCCOCCOCCOCCOCCOCCOCCOCCOCCOC(=O)/C=C/c1ccc(-c2nc3c([nH]2)c(=O)n(CC(C)C)c(=O)n3CC(C)C)cc1. The molecule has 1 N–H and O–H groups in total. The van der Waals surface area contributed by atoms with Gasteiger partial charge in [-0.05, 0) is 23.5 Å². The number of imidazole rings is 1. The summed E-state index contributed by atoms with van der Waals surface area (Å²) in [5, 5.41) is 0. The Hall–Kier alpha value is -3.78. The lowest BCUT2D eigenvalue weighted by atomic mass is 10.1.